The molecule has 0 aliphatic heterocycles. The molecule has 1 N–H and O–H groups in total. The highest BCUT2D eigenvalue weighted by Gasteiger charge is 2.01. The van der Waals surface area contributed by atoms with Crippen molar-refractivity contribution >= 4 is 23.2 Å². The molecule has 14 heavy (non-hydrogen) atoms. The topological polar surface area (TPSA) is 42.0 Å². The van der Waals surface area contributed by atoms with Gasteiger partial charge >= 0.3 is 0 Å². The van der Waals surface area contributed by atoms with Gasteiger partial charge in [0.05, 0.1) is 11.9 Å². The molecule has 1 heterocycles. The second-order valence-electron chi connectivity index (χ2n) is 3.09. The second kappa shape index (κ2) is 5.60. The molecular formula is C10H13ClN2O. The molecule has 76 valence electrons. The smallest absolute Gasteiger partial charge is 0.224 e. The SMILES string of the molecule is Cc1cncc(NC(=O)CCCCl)c1. The molecule has 0 atom stereocenters. The zero-order valence-corrected chi connectivity index (χ0v) is 8.84. The van der Waals surface area contributed by atoms with Gasteiger partial charge in [0.25, 0.3) is 0 Å². The molecule has 0 aliphatic rings. The third-order valence-corrected chi connectivity index (χ3v) is 1.96. The van der Waals surface area contributed by atoms with Crippen molar-refractivity contribution in [2.75, 3.05) is 11.2 Å². The Bertz CT molecular complexity index is 315. The largest absolute Gasteiger partial charge is 0.325 e. The predicted molar refractivity (Wildman–Crippen MR) is 57.6 cm³/mol. The number of hydrogen-bond donors (Lipinski definition) is 1. The lowest BCUT2D eigenvalue weighted by molar-refractivity contribution is -0.116. The minimum absolute atomic E-state index is 0.0157. The van der Waals surface area contributed by atoms with E-state index in [1.54, 1.807) is 12.4 Å². The van der Waals surface area contributed by atoms with Crippen LogP contribution in [0, 0.1) is 6.92 Å². The van der Waals surface area contributed by atoms with Crippen molar-refractivity contribution < 1.29 is 4.79 Å². The number of aryl methyl sites for hydroxylation is 1. The van der Waals surface area contributed by atoms with Gasteiger partial charge in [-0.3, -0.25) is 9.78 Å². The number of halogens is 1. The molecule has 3 nitrogen and oxygen atoms in total. The van der Waals surface area contributed by atoms with E-state index >= 15 is 0 Å². The van der Waals surface area contributed by atoms with E-state index in [0.29, 0.717) is 18.7 Å². The molecule has 0 radical (unpaired) electrons. The first kappa shape index (κ1) is 11.0. The molecule has 0 unspecified atom stereocenters. The number of hydrogen-bond acceptors (Lipinski definition) is 2. The summed E-state index contributed by atoms with van der Waals surface area (Å²) >= 11 is 5.48. The van der Waals surface area contributed by atoms with Crippen molar-refractivity contribution in [2.45, 2.75) is 19.8 Å². The van der Waals surface area contributed by atoms with Gasteiger partial charge in [0.1, 0.15) is 0 Å². The summed E-state index contributed by atoms with van der Waals surface area (Å²) in [7, 11) is 0. The molecule has 1 rings (SSSR count). The molecule has 1 amide bonds. The van der Waals surface area contributed by atoms with Gasteiger partial charge in [-0.05, 0) is 25.0 Å². The molecule has 0 aromatic carbocycles. The quantitative estimate of drug-likeness (QED) is 0.779. The van der Waals surface area contributed by atoms with Crippen molar-refractivity contribution in [2.24, 2.45) is 0 Å². The number of anilines is 1. The van der Waals surface area contributed by atoms with Crippen LogP contribution in [0.3, 0.4) is 0 Å². The average Bonchev–Trinajstić information content (AvgIpc) is 2.15. The lowest BCUT2D eigenvalue weighted by Crippen LogP contribution is -2.11. The van der Waals surface area contributed by atoms with E-state index in [2.05, 4.69) is 10.3 Å². The lowest BCUT2D eigenvalue weighted by Gasteiger charge is -2.04. The number of nitrogens with zero attached hydrogens (tertiary/aromatic N) is 1. The standard InChI is InChI=1S/C10H13ClN2O/c1-8-5-9(7-12-6-8)13-10(14)3-2-4-11/h5-7H,2-4H2,1H3,(H,13,14). The van der Waals surface area contributed by atoms with Gasteiger partial charge in [-0.2, -0.15) is 0 Å². The molecule has 0 spiro atoms. The first-order chi connectivity index (χ1) is 6.72. The number of aromatic nitrogens is 1. The molecule has 0 aliphatic carbocycles. The van der Waals surface area contributed by atoms with Crippen LogP contribution in [0.5, 0.6) is 0 Å². The fourth-order valence-corrected chi connectivity index (χ4v) is 1.21. The van der Waals surface area contributed by atoms with E-state index in [0.717, 1.165) is 11.3 Å². The second-order valence-corrected chi connectivity index (χ2v) is 3.47. The minimum atomic E-state index is -0.0157. The van der Waals surface area contributed by atoms with Crippen molar-refractivity contribution in [1.82, 2.24) is 4.98 Å². The van der Waals surface area contributed by atoms with Crippen molar-refractivity contribution in [1.29, 1.82) is 0 Å². The van der Waals surface area contributed by atoms with E-state index in [1.165, 1.54) is 0 Å². The van der Waals surface area contributed by atoms with Crippen LogP contribution in [0.2, 0.25) is 0 Å². The van der Waals surface area contributed by atoms with Crippen molar-refractivity contribution in [3.8, 4) is 0 Å². The van der Waals surface area contributed by atoms with Crippen LogP contribution in [0.4, 0.5) is 5.69 Å². The Balaban J connectivity index is 2.47. The van der Waals surface area contributed by atoms with Crippen molar-refractivity contribution in [3.05, 3.63) is 24.0 Å². The van der Waals surface area contributed by atoms with E-state index in [9.17, 15) is 4.79 Å². The van der Waals surface area contributed by atoms with Gasteiger partial charge < -0.3 is 5.32 Å². The van der Waals surface area contributed by atoms with Gasteiger partial charge in [0.2, 0.25) is 5.91 Å². The number of amides is 1. The van der Waals surface area contributed by atoms with Gasteiger partial charge in [0.15, 0.2) is 0 Å². The van der Waals surface area contributed by atoms with Crippen molar-refractivity contribution in [3.63, 3.8) is 0 Å². The normalized spacial score (nSPS) is 9.86. The number of nitrogens with one attached hydrogen (secondary N) is 1. The summed E-state index contributed by atoms with van der Waals surface area (Å²) < 4.78 is 0. The number of carbonyl (C=O) groups excluding carboxylic acids is 1. The molecule has 1 aromatic rings. The summed E-state index contributed by atoms with van der Waals surface area (Å²) in [6.45, 7) is 1.93. The fraction of sp³-hybridized carbons (Fsp3) is 0.400. The number of rotatable bonds is 4. The molecule has 0 bridgehead atoms. The summed E-state index contributed by atoms with van der Waals surface area (Å²) in [5, 5.41) is 2.76. The summed E-state index contributed by atoms with van der Waals surface area (Å²) in [5.74, 6) is 0.498. The first-order valence-electron chi connectivity index (χ1n) is 4.50. The van der Waals surface area contributed by atoms with Gasteiger partial charge in [0, 0.05) is 18.5 Å². The monoisotopic (exact) mass is 212 g/mol. The van der Waals surface area contributed by atoms with E-state index in [-0.39, 0.29) is 5.91 Å². The predicted octanol–water partition coefficient (Wildman–Crippen LogP) is 2.35. The van der Waals surface area contributed by atoms with E-state index in [1.807, 2.05) is 13.0 Å². The molecule has 0 saturated heterocycles. The summed E-state index contributed by atoms with van der Waals surface area (Å²) in [5.41, 5.74) is 1.77. The number of pyridine rings is 1. The summed E-state index contributed by atoms with van der Waals surface area (Å²) in [4.78, 5) is 15.3. The molecule has 1 aromatic heterocycles. The Morgan fingerprint density at radius 3 is 3.00 bits per heavy atom. The fourth-order valence-electron chi connectivity index (χ4n) is 1.07. The maximum atomic E-state index is 11.3. The summed E-state index contributed by atoms with van der Waals surface area (Å²) in [6, 6.07) is 1.88. The maximum Gasteiger partial charge on any atom is 0.224 e. The van der Waals surface area contributed by atoms with Crippen LogP contribution in [0.15, 0.2) is 18.5 Å². The Hall–Kier alpha value is -1.09. The zero-order chi connectivity index (χ0) is 10.4. The number of carbonyl (C=O) groups is 1. The van der Waals surface area contributed by atoms with Crippen LogP contribution in [-0.2, 0) is 4.79 Å². The highest BCUT2D eigenvalue weighted by atomic mass is 35.5. The Morgan fingerprint density at radius 1 is 1.57 bits per heavy atom. The maximum absolute atomic E-state index is 11.3. The molecule has 4 heteroatoms. The van der Waals surface area contributed by atoms with Gasteiger partial charge in [-0.1, -0.05) is 0 Å². The van der Waals surface area contributed by atoms with Crippen LogP contribution >= 0.6 is 11.6 Å². The molecule has 0 saturated carbocycles. The van der Waals surface area contributed by atoms with Crippen LogP contribution in [0.1, 0.15) is 18.4 Å². The highest BCUT2D eigenvalue weighted by molar-refractivity contribution is 6.18. The first-order valence-corrected chi connectivity index (χ1v) is 5.03. The lowest BCUT2D eigenvalue weighted by atomic mass is 10.3. The van der Waals surface area contributed by atoms with Crippen LogP contribution in [-0.4, -0.2) is 16.8 Å². The third kappa shape index (κ3) is 3.75. The number of alkyl halides is 1. The molecule has 0 fully saturated rings. The summed E-state index contributed by atoms with van der Waals surface area (Å²) in [6.07, 6.45) is 4.53. The van der Waals surface area contributed by atoms with Gasteiger partial charge in [-0.25, -0.2) is 0 Å². The Morgan fingerprint density at radius 2 is 2.36 bits per heavy atom. The zero-order valence-electron chi connectivity index (χ0n) is 8.09. The Kier molecular flexibility index (Phi) is 4.40. The minimum Gasteiger partial charge on any atom is -0.325 e. The third-order valence-electron chi connectivity index (χ3n) is 1.70. The molecular weight excluding hydrogens is 200 g/mol. The van der Waals surface area contributed by atoms with E-state index in [4.69, 9.17) is 11.6 Å². The van der Waals surface area contributed by atoms with Crippen LogP contribution in [0.25, 0.3) is 0 Å². The average molecular weight is 213 g/mol. The highest BCUT2D eigenvalue weighted by Crippen LogP contribution is 2.07. The van der Waals surface area contributed by atoms with Gasteiger partial charge in [-0.15, -0.1) is 11.6 Å². The van der Waals surface area contributed by atoms with Crippen LogP contribution < -0.4 is 5.32 Å². The Labute approximate surface area is 88.5 Å². The van der Waals surface area contributed by atoms with E-state index < -0.39 is 0 Å².